The highest BCUT2D eigenvalue weighted by Gasteiger charge is 2.42. The fraction of sp³-hybridized carbons (Fsp3) is 0.0909. The number of hydrogen-bond acceptors (Lipinski definition) is 4. The third kappa shape index (κ3) is 5.91. The van der Waals surface area contributed by atoms with E-state index in [0.717, 1.165) is 39.2 Å². The van der Waals surface area contributed by atoms with Gasteiger partial charge < -0.3 is 15.0 Å². The predicted octanol–water partition coefficient (Wildman–Crippen LogP) is 10.1. The van der Waals surface area contributed by atoms with Gasteiger partial charge in [-0.05, 0) is 65.1 Å². The molecule has 0 spiro atoms. The molecule has 5 nitrogen and oxygen atoms in total. The Hall–Kier alpha value is -6.45. The molecule has 244 valence electrons. The van der Waals surface area contributed by atoms with Crippen LogP contribution in [0.4, 0.5) is 15.8 Å². The molecule has 2 N–H and O–H groups in total. The molecule has 0 unspecified atom stereocenters. The van der Waals surface area contributed by atoms with Gasteiger partial charge in [0.2, 0.25) is 0 Å². The Morgan fingerprint density at radius 1 is 0.740 bits per heavy atom. The highest BCUT2D eigenvalue weighted by Crippen LogP contribution is 2.48. The lowest BCUT2D eigenvalue weighted by Crippen LogP contribution is -2.32. The number of halogens is 1. The summed E-state index contributed by atoms with van der Waals surface area (Å²) >= 11 is 0. The fourth-order valence-electron chi connectivity index (χ4n) is 6.80. The van der Waals surface area contributed by atoms with Gasteiger partial charge in [0, 0.05) is 11.3 Å². The molecule has 0 radical (unpaired) electrons. The number of nitriles is 1. The number of aromatic nitrogens is 2. The summed E-state index contributed by atoms with van der Waals surface area (Å²) in [5, 5.41) is 20.2. The van der Waals surface area contributed by atoms with Crippen LogP contribution in [0.5, 0.6) is 5.75 Å². The van der Waals surface area contributed by atoms with Crippen molar-refractivity contribution in [3.63, 3.8) is 0 Å². The Bertz CT molecular complexity index is 2150. The molecular weight excluding hydrogens is 620 g/mol. The van der Waals surface area contributed by atoms with Crippen LogP contribution >= 0.6 is 0 Å². The van der Waals surface area contributed by atoms with E-state index in [9.17, 15) is 10.4 Å². The Morgan fingerprint density at radius 3 is 1.76 bits per heavy atom. The van der Waals surface area contributed by atoms with Crippen molar-refractivity contribution in [1.29, 1.82) is 5.26 Å². The number of benzene rings is 6. The first-order valence-electron chi connectivity index (χ1n) is 16.6. The summed E-state index contributed by atoms with van der Waals surface area (Å²) in [6.45, 7) is 2.10. The van der Waals surface area contributed by atoms with Gasteiger partial charge in [0.05, 0.1) is 40.7 Å². The van der Waals surface area contributed by atoms with E-state index in [1.165, 1.54) is 6.07 Å². The van der Waals surface area contributed by atoms with Gasteiger partial charge in [-0.2, -0.15) is 5.26 Å². The summed E-state index contributed by atoms with van der Waals surface area (Å²) in [6.07, 6.45) is 0.610. The molecule has 0 saturated carbocycles. The molecule has 6 aromatic carbocycles. The first kappa shape index (κ1) is 32.1. The lowest BCUT2D eigenvalue weighted by molar-refractivity contribution is 0.432. The smallest absolute Gasteiger partial charge is 0.188 e. The number of anilines is 2. The number of imidazole rings is 1. The second kappa shape index (κ2) is 14.0. The average molecular weight is 655 g/mol. The van der Waals surface area contributed by atoms with Gasteiger partial charge >= 0.3 is 0 Å². The summed E-state index contributed by atoms with van der Waals surface area (Å²) in [7, 11) is 0. The SMILES string of the molecule is CCc1cc(O)c(F)c(N(Cc2nc(-c3ccccc3)c(C(c3ccccc3)(c3ccccc3)c3ccccc3)[nH]2)c2ccc(C#N)cc2)c1. The normalized spacial score (nSPS) is 11.2. The Morgan fingerprint density at radius 2 is 1.26 bits per heavy atom. The van der Waals surface area contributed by atoms with Crippen molar-refractivity contribution in [2.45, 2.75) is 25.3 Å². The Labute approximate surface area is 291 Å². The summed E-state index contributed by atoms with van der Waals surface area (Å²) in [4.78, 5) is 10.9. The van der Waals surface area contributed by atoms with Gasteiger partial charge in [0.15, 0.2) is 11.6 Å². The van der Waals surface area contributed by atoms with Crippen LogP contribution in [0, 0.1) is 17.1 Å². The number of H-pyrrole nitrogens is 1. The first-order chi connectivity index (χ1) is 24.5. The second-order valence-corrected chi connectivity index (χ2v) is 12.2. The monoisotopic (exact) mass is 654 g/mol. The molecule has 50 heavy (non-hydrogen) atoms. The molecule has 0 saturated heterocycles. The first-order valence-corrected chi connectivity index (χ1v) is 16.6. The van der Waals surface area contributed by atoms with Crippen LogP contribution < -0.4 is 4.90 Å². The van der Waals surface area contributed by atoms with Crippen LogP contribution in [-0.4, -0.2) is 15.1 Å². The quantitative estimate of drug-likeness (QED) is 0.144. The number of phenolic OH excluding ortho intramolecular Hbond substituents is 1. The molecule has 0 amide bonds. The molecule has 7 aromatic rings. The van der Waals surface area contributed by atoms with Crippen molar-refractivity contribution in [3.8, 4) is 23.1 Å². The zero-order chi connectivity index (χ0) is 34.5. The van der Waals surface area contributed by atoms with Crippen molar-refractivity contribution in [2.24, 2.45) is 0 Å². The standard InChI is InChI=1S/C44H35FN4O/c1-2-31-27-38(41(45)39(50)28-31)49(37-25-23-32(29-46)24-26-37)30-40-47-42(33-15-7-3-8-16-33)43(48-40)44(34-17-9-4-10-18-34,35-19-11-5-12-20-35)36-21-13-6-14-22-36/h3-28,50H,2,30H2,1H3,(H,47,48). The zero-order valence-corrected chi connectivity index (χ0v) is 27.6. The number of rotatable bonds is 10. The molecule has 0 aliphatic rings. The molecule has 0 fully saturated rings. The number of aryl methyl sites for hydroxylation is 1. The molecule has 0 bridgehead atoms. The van der Waals surface area contributed by atoms with Crippen molar-refractivity contribution in [1.82, 2.24) is 9.97 Å². The second-order valence-electron chi connectivity index (χ2n) is 12.2. The summed E-state index contributed by atoms with van der Waals surface area (Å²) in [6, 6.07) is 53.7. The maximum Gasteiger partial charge on any atom is 0.188 e. The molecular formula is C44H35FN4O. The van der Waals surface area contributed by atoms with Crippen LogP contribution in [0.15, 0.2) is 158 Å². The van der Waals surface area contributed by atoms with E-state index in [4.69, 9.17) is 4.98 Å². The maximum atomic E-state index is 15.9. The van der Waals surface area contributed by atoms with Crippen LogP contribution in [0.3, 0.4) is 0 Å². The van der Waals surface area contributed by atoms with Gasteiger partial charge in [-0.15, -0.1) is 0 Å². The van der Waals surface area contributed by atoms with Gasteiger partial charge in [0.25, 0.3) is 0 Å². The van der Waals surface area contributed by atoms with E-state index in [-0.39, 0.29) is 12.2 Å². The fourth-order valence-corrected chi connectivity index (χ4v) is 6.80. The number of phenols is 1. The van der Waals surface area contributed by atoms with Crippen molar-refractivity contribution < 1.29 is 9.50 Å². The predicted molar refractivity (Wildman–Crippen MR) is 197 cm³/mol. The van der Waals surface area contributed by atoms with Gasteiger partial charge in [-0.3, -0.25) is 0 Å². The minimum atomic E-state index is -0.814. The third-order valence-corrected chi connectivity index (χ3v) is 9.20. The van der Waals surface area contributed by atoms with Crippen LogP contribution in [0.1, 0.15) is 46.3 Å². The van der Waals surface area contributed by atoms with Crippen LogP contribution in [0.25, 0.3) is 11.3 Å². The highest BCUT2D eigenvalue weighted by molar-refractivity contribution is 5.72. The topological polar surface area (TPSA) is 75.9 Å². The van der Waals surface area contributed by atoms with E-state index in [1.807, 2.05) is 43.3 Å². The number of hydrogen-bond donors (Lipinski definition) is 2. The third-order valence-electron chi connectivity index (χ3n) is 9.20. The molecule has 1 heterocycles. The summed E-state index contributed by atoms with van der Waals surface area (Å²) in [5.41, 5.74) is 7.06. The molecule has 0 atom stereocenters. The lowest BCUT2D eigenvalue weighted by Gasteiger charge is -2.36. The maximum absolute atomic E-state index is 15.9. The Balaban J connectivity index is 1.51. The lowest BCUT2D eigenvalue weighted by atomic mass is 9.66. The number of aromatic amines is 1. The van der Waals surface area contributed by atoms with Crippen molar-refractivity contribution in [2.75, 3.05) is 4.90 Å². The van der Waals surface area contributed by atoms with E-state index in [2.05, 4.69) is 96.0 Å². The average Bonchev–Trinajstić information content (AvgIpc) is 3.61. The minimum Gasteiger partial charge on any atom is -0.505 e. The molecule has 6 heteroatoms. The highest BCUT2D eigenvalue weighted by atomic mass is 19.1. The molecule has 0 aliphatic carbocycles. The molecule has 0 aliphatic heterocycles. The van der Waals surface area contributed by atoms with E-state index in [1.54, 1.807) is 35.2 Å². The van der Waals surface area contributed by atoms with E-state index in [0.29, 0.717) is 23.5 Å². The summed E-state index contributed by atoms with van der Waals surface area (Å²) < 4.78 is 15.9. The number of aromatic hydroxyl groups is 1. The van der Waals surface area contributed by atoms with E-state index >= 15 is 4.39 Å². The van der Waals surface area contributed by atoms with Crippen molar-refractivity contribution in [3.05, 3.63) is 203 Å². The number of nitrogens with one attached hydrogen (secondary N) is 1. The Kier molecular flexibility index (Phi) is 8.96. The van der Waals surface area contributed by atoms with Crippen LogP contribution in [0.2, 0.25) is 0 Å². The van der Waals surface area contributed by atoms with Gasteiger partial charge in [-0.1, -0.05) is 128 Å². The van der Waals surface area contributed by atoms with Crippen LogP contribution in [-0.2, 0) is 18.4 Å². The zero-order valence-electron chi connectivity index (χ0n) is 27.6. The largest absolute Gasteiger partial charge is 0.505 e. The van der Waals surface area contributed by atoms with E-state index < -0.39 is 17.0 Å². The van der Waals surface area contributed by atoms with Gasteiger partial charge in [0.1, 0.15) is 5.82 Å². The molecule has 1 aromatic heterocycles. The van der Waals surface area contributed by atoms with Crippen molar-refractivity contribution >= 4 is 11.4 Å². The molecule has 7 rings (SSSR count). The summed E-state index contributed by atoms with van der Waals surface area (Å²) in [5.74, 6) is -0.552. The minimum absolute atomic E-state index is 0.143. The number of nitrogens with zero attached hydrogens (tertiary/aromatic N) is 3. The van der Waals surface area contributed by atoms with Gasteiger partial charge in [-0.25, -0.2) is 9.37 Å².